The first-order valence-electron chi connectivity index (χ1n) is 9.51. The molecular formula is C22H28ClNO. The molecule has 0 amide bonds. The Bertz CT molecular complexity index is 617. The van der Waals surface area contributed by atoms with E-state index in [9.17, 15) is 0 Å². The van der Waals surface area contributed by atoms with Crippen molar-refractivity contribution in [3.63, 3.8) is 0 Å². The highest BCUT2D eigenvalue weighted by Gasteiger charge is 2.13. The van der Waals surface area contributed by atoms with E-state index in [-0.39, 0.29) is 0 Å². The Morgan fingerprint density at radius 1 is 0.920 bits per heavy atom. The summed E-state index contributed by atoms with van der Waals surface area (Å²) in [5, 5.41) is 4.24. The molecule has 1 fully saturated rings. The average Bonchev–Trinajstić information content (AvgIpc) is 2.66. The third kappa shape index (κ3) is 6.28. The third-order valence-electron chi connectivity index (χ3n) is 5.03. The first kappa shape index (κ1) is 18.1. The SMILES string of the molecule is Clc1ccc(CCNc2ccc(OCCC3CCCCC3)cc2)cc1. The summed E-state index contributed by atoms with van der Waals surface area (Å²) in [5.74, 6) is 1.85. The second-order valence-corrected chi connectivity index (χ2v) is 7.41. The second kappa shape index (κ2) is 9.72. The number of ether oxygens (including phenoxy) is 1. The van der Waals surface area contributed by atoms with Gasteiger partial charge in [-0.2, -0.15) is 0 Å². The van der Waals surface area contributed by atoms with E-state index in [1.165, 1.54) is 44.1 Å². The summed E-state index contributed by atoms with van der Waals surface area (Å²) in [5.41, 5.74) is 2.42. The van der Waals surface area contributed by atoms with E-state index in [0.717, 1.165) is 41.9 Å². The van der Waals surface area contributed by atoms with E-state index in [0.29, 0.717) is 0 Å². The van der Waals surface area contributed by atoms with Crippen molar-refractivity contribution < 1.29 is 4.74 Å². The fraction of sp³-hybridized carbons (Fsp3) is 0.455. The van der Waals surface area contributed by atoms with Crippen LogP contribution in [0.15, 0.2) is 48.5 Å². The van der Waals surface area contributed by atoms with Gasteiger partial charge in [-0.1, -0.05) is 55.8 Å². The van der Waals surface area contributed by atoms with Gasteiger partial charge < -0.3 is 10.1 Å². The van der Waals surface area contributed by atoms with Crippen LogP contribution in [-0.2, 0) is 6.42 Å². The minimum atomic E-state index is 0.788. The molecule has 1 aliphatic rings. The lowest BCUT2D eigenvalue weighted by Gasteiger charge is -2.21. The van der Waals surface area contributed by atoms with Crippen LogP contribution in [-0.4, -0.2) is 13.2 Å². The molecule has 0 bridgehead atoms. The van der Waals surface area contributed by atoms with Gasteiger partial charge in [-0.3, -0.25) is 0 Å². The normalized spacial score (nSPS) is 15.1. The minimum Gasteiger partial charge on any atom is -0.494 e. The van der Waals surface area contributed by atoms with Crippen LogP contribution in [0.4, 0.5) is 5.69 Å². The van der Waals surface area contributed by atoms with Crippen LogP contribution in [0.2, 0.25) is 5.02 Å². The summed E-state index contributed by atoms with van der Waals surface area (Å²) >= 11 is 5.91. The van der Waals surface area contributed by atoms with E-state index in [4.69, 9.17) is 16.3 Å². The van der Waals surface area contributed by atoms with Gasteiger partial charge in [-0.05, 0) is 60.7 Å². The molecular weight excluding hydrogens is 330 g/mol. The van der Waals surface area contributed by atoms with Gasteiger partial charge in [-0.25, -0.2) is 0 Å². The number of hydrogen-bond acceptors (Lipinski definition) is 2. The zero-order valence-corrected chi connectivity index (χ0v) is 15.6. The molecule has 0 atom stereocenters. The van der Waals surface area contributed by atoms with E-state index in [1.807, 2.05) is 12.1 Å². The summed E-state index contributed by atoms with van der Waals surface area (Å²) in [6, 6.07) is 16.3. The van der Waals surface area contributed by atoms with E-state index in [2.05, 4.69) is 41.7 Å². The van der Waals surface area contributed by atoms with Gasteiger partial charge in [-0.15, -0.1) is 0 Å². The van der Waals surface area contributed by atoms with E-state index >= 15 is 0 Å². The van der Waals surface area contributed by atoms with Crippen LogP contribution < -0.4 is 10.1 Å². The quantitative estimate of drug-likeness (QED) is 0.594. The van der Waals surface area contributed by atoms with Crippen LogP contribution in [0.3, 0.4) is 0 Å². The Hall–Kier alpha value is -1.67. The molecule has 25 heavy (non-hydrogen) atoms. The molecule has 1 saturated carbocycles. The Morgan fingerprint density at radius 3 is 2.36 bits per heavy atom. The first-order valence-corrected chi connectivity index (χ1v) is 9.88. The lowest BCUT2D eigenvalue weighted by Crippen LogP contribution is -2.10. The molecule has 1 aliphatic carbocycles. The maximum atomic E-state index is 5.91. The van der Waals surface area contributed by atoms with Crippen molar-refractivity contribution in [2.24, 2.45) is 5.92 Å². The molecule has 3 heteroatoms. The zero-order chi connectivity index (χ0) is 17.3. The molecule has 0 unspecified atom stereocenters. The molecule has 1 N–H and O–H groups in total. The maximum absolute atomic E-state index is 5.91. The molecule has 0 aromatic heterocycles. The molecule has 0 saturated heterocycles. The molecule has 0 radical (unpaired) electrons. The molecule has 3 rings (SSSR count). The molecule has 134 valence electrons. The molecule has 0 heterocycles. The van der Waals surface area contributed by atoms with Gasteiger partial charge in [0, 0.05) is 17.3 Å². The van der Waals surface area contributed by atoms with E-state index < -0.39 is 0 Å². The highest BCUT2D eigenvalue weighted by Crippen LogP contribution is 2.26. The Labute approximate surface area is 156 Å². The van der Waals surface area contributed by atoms with Gasteiger partial charge in [0.2, 0.25) is 0 Å². The van der Waals surface area contributed by atoms with Crippen LogP contribution >= 0.6 is 11.6 Å². The van der Waals surface area contributed by atoms with Gasteiger partial charge in [0.25, 0.3) is 0 Å². The predicted octanol–water partition coefficient (Wildman–Crippen LogP) is 6.34. The highest BCUT2D eigenvalue weighted by atomic mass is 35.5. The summed E-state index contributed by atoms with van der Waals surface area (Å²) in [6.45, 7) is 1.75. The summed E-state index contributed by atoms with van der Waals surface area (Å²) in [6.07, 6.45) is 9.18. The number of benzene rings is 2. The smallest absolute Gasteiger partial charge is 0.119 e. The molecule has 2 aromatic rings. The molecule has 0 aliphatic heterocycles. The van der Waals surface area contributed by atoms with Crippen molar-refractivity contribution in [2.45, 2.75) is 44.9 Å². The second-order valence-electron chi connectivity index (χ2n) is 6.97. The summed E-state index contributed by atoms with van der Waals surface area (Å²) in [4.78, 5) is 0. The van der Waals surface area contributed by atoms with Crippen molar-refractivity contribution in [3.05, 3.63) is 59.1 Å². The van der Waals surface area contributed by atoms with Gasteiger partial charge in [0.05, 0.1) is 6.61 Å². The van der Waals surface area contributed by atoms with Gasteiger partial charge in [0.1, 0.15) is 5.75 Å². The topological polar surface area (TPSA) is 21.3 Å². The Morgan fingerprint density at radius 2 is 1.64 bits per heavy atom. The van der Waals surface area contributed by atoms with E-state index in [1.54, 1.807) is 0 Å². The Kier molecular flexibility index (Phi) is 7.05. The fourth-order valence-corrected chi connectivity index (χ4v) is 3.62. The molecule has 0 spiro atoms. The monoisotopic (exact) mass is 357 g/mol. The average molecular weight is 358 g/mol. The fourth-order valence-electron chi connectivity index (χ4n) is 3.49. The Balaban J connectivity index is 1.35. The molecule has 2 nitrogen and oxygen atoms in total. The van der Waals surface area contributed by atoms with Gasteiger partial charge >= 0.3 is 0 Å². The van der Waals surface area contributed by atoms with Crippen molar-refractivity contribution in [1.29, 1.82) is 0 Å². The third-order valence-corrected chi connectivity index (χ3v) is 5.28. The molecule has 2 aromatic carbocycles. The summed E-state index contributed by atoms with van der Waals surface area (Å²) < 4.78 is 5.91. The highest BCUT2D eigenvalue weighted by molar-refractivity contribution is 6.30. The van der Waals surface area contributed by atoms with Crippen molar-refractivity contribution in [2.75, 3.05) is 18.5 Å². The van der Waals surface area contributed by atoms with Crippen molar-refractivity contribution >= 4 is 17.3 Å². The number of nitrogens with one attached hydrogen (secondary N) is 1. The number of hydrogen-bond donors (Lipinski definition) is 1. The van der Waals surface area contributed by atoms with Crippen LogP contribution in [0.1, 0.15) is 44.1 Å². The predicted molar refractivity (Wildman–Crippen MR) is 107 cm³/mol. The number of anilines is 1. The lowest BCUT2D eigenvalue weighted by atomic mass is 9.87. The largest absolute Gasteiger partial charge is 0.494 e. The minimum absolute atomic E-state index is 0.788. The first-order chi connectivity index (χ1) is 12.3. The summed E-state index contributed by atoms with van der Waals surface area (Å²) in [7, 11) is 0. The standard InChI is InChI=1S/C22H28ClNO/c23-20-8-6-19(7-9-20)14-16-24-21-10-12-22(13-11-21)25-17-15-18-4-2-1-3-5-18/h6-13,18,24H,1-5,14-17H2. The maximum Gasteiger partial charge on any atom is 0.119 e. The van der Waals surface area contributed by atoms with Crippen LogP contribution in [0, 0.1) is 5.92 Å². The van der Waals surface area contributed by atoms with Crippen molar-refractivity contribution in [1.82, 2.24) is 0 Å². The zero-order valence-electron chi connectivity index (χ0n) is 14.8. The lowest BCUT2D eigenvalue weighted by molar-refractivity contribution is 0.246. The van der Waals surface area contributed by atoms with Crippen molar-refractivity contribution in [3.8, 4) is 5.75 Å². The van der Waals surface area contributed by atoms with Crippen LogP contribution in [0.25, 0.3) is 0 Å². The van der Waals surface area contributed by atoms with Gasteiger partial charge in [0.15, 0.2) is 0 Å². The van der Waals surface area contributed by atoms with Crippen LogP contribution in [0.5, 0.6) is 5.75 Å². The number of rotatable bonds is 8. The number of halogens is 1.